The van der Waals surface area contributed by atoms with Crippen molar-refractivity contribution >= 4 is 15.7 Å². The van der Waals surface area contributed by atoms with Crippen LogP contribution in [0, 0.1) is 0 Å². The van der Waals surface area contributed by atoms with E-state index in [1.54, 1.807) is 32.2 Å². The smallest absolute Gasteiger partial charge is 0.254 e. The molecule has 0 spiro atoms. The van der Waals surface area contributed by atoms with Crippen LogP contribution in [-0.2, 0) is 9.84 Å². The number of sulfone groups is 1. The summed E-state index contributed by atoms with van der Waals surface area (Å²) in [4.78, 5) is 14.2. The van der Waals surface area contributed by atoms with Crippen LogP contribution in [0.5, 0.6) is 11.5 Å². The first kappa shape index (κ1) is 16.6. The van der Waals surface area contributed by atoms with Gasteiger partial charge in [0.15, 0.2) is 9.84 Å². The first-order valence-corrected chi connectivity index (χ1v) is 8.74. The Kier molecular flexibility index (Phi) is 4.37. The minimum Gasteiger partial charge on any atom is -0.497 e. The normalized spacial score (nSPS) is 23.1. The standard InChI is InChI=1S/C15H21NO5S/c1-15(5-6-22(18,19)10-15)16(2)14(17)11-7-12(20-3)9-13(8-11)21-4/h7-9H,5-6,10H2,1-4H3/t15-/m1/s1. The van der Waals surface area contributed by atoms with Gasteiger partial charge >= 0.3 is 0 Å². The van der Waals surface area contributed by atoms with Crippen LogP contribution in [0.4, 0.5) is 0 Å². The van der Waals surface area contributed by atoms with Crippen LogP contribution >= 0.6 is 0 Å². The highest BCUT2D eigenvalue weighted by Crippen LogP contribution is 2.31. The van der Waals surface area contributed by atoms with Crippen molar-refractivity contribution in [3.05, 3.63) is 23.8 Å². The fraction of sp³-hybridized carbons (Fsp3) is 0.533. The van der Waals surface area contributed by atoms with E-state index in [9.17, 15) is 13.2 Å². The van der Waals surface area contributed by atoms with E-state index in [0.717, 1.165) is 0 Å². The summed E-state index contributed by atoms with van der Waals surface area (Å²) in [6.07, 6.45) is 0.443. The van der Waals surface area contributed by atoms with E-state index in [2.05, 4.69) is 0 Å². The number of ether oxygens (including phenoxy) is 2. The number of benzene rings is 1. The van der Waals surface area contributed by atoms with Gasteiger partial charge in [0, 0.05) is 18.7 Å². The molecule has 0 bridgehead atoms. The molecule has 1 atom stereocenters. The van der Waals surface area contributed by atoms with Crippen molar-refractivity contribution in [3.63, 3.8) is 0 Å². The molecule has 1 amide bonds. The summed E-state index contributed by atoms with van der Waals surface area (Å²) in [5.41, 5.74) is -0.282. The number of methoxy groups -OCH3 is 2. The van der Waals surface area contributed by atoms with Crippen molar-refractivity contribution in [2.75, 3.05) is 32.8 Å². The fourth-order valence-corrected chi connectivity index (χ4v) is 4.81. The molecule has 0 unspecified atom stereocenters. The second-order valence-corrected chi connectivity index (χ2v) is 7.99. The zero-order chi connectivity index (χ0) is 16.5. The van der Waals surface area contributed by atoms with Gasteiger partial charge < -0.3 is 14.4 Å². The molecule has 122 valence electrons. The number of nitrogens with zero attached hydrogens (tertiary/aromatic N) is 1. The molecule has 1 saturated heterocycles. The van der Waals surface area contributed by atoms with E-state index < -0.39 is 15.4 Å². The minimum atomic E-state index is -3.08. The van der Waals surface area contributed by atoms with Gasteiger partial charge in [-0.25, -0.2) is 8.42 Å². The number of amides is 1. The van der Waals surface area contributed by atoms with Gasteiger partial charge in [-0.2, -0.15) is 0 Å². The predicted octanol–water partition coefficient (Wildman–Crippen LogP) is 1.35. The number of carbonyl (C=O) groups excluding carboxylic acids is 1. The number of hydrogen-bond donors (Lipinski definition) is 0. The first-order chi connectivity index (χ1) is 10.2. The molecule has 7 heteroatoms. The maximum atomic E-state index is 12.7. The van der Waals surface area contributed by atoms with Crippen molar-refractivity contribution in [1.29, 1.82) is 0 Å². The van der Waals surface area contributed by atoms with Gasteiger partial charge in [0.2, 0.25) is 0 Å². The lowest BCUT2D eigenvalue weighted by Gasteiger charge is -2.34. The lowest BCUT2D eigenvalue weighted by atomic mass is 9.98. The van der Waals surface area contributed by atoms with Crippen molar-refractivity contribution in [2.24, 2.45) is 0 Å². The van der Waals surface area contributed by atoms with Crippen LogP contribution in [0.3, 0.4) is 0 Å². The summed E-state index contributed by atoms with van der Waals surface area (Å²) in [6.45, 7) is 1.80. The third-order valence-electron chi connectivity index (χ3n) is 4.20. The summed E-state index contributed by atoms with van der Waals surface area (Å²) < 4.78 is 33.8. The molecule has 1 fully saturated rings. The average Bonchev–Trinajstić information content (AvgIpc) is 2.79. The van der Waals surface area contributed by atoms with E-state index in [0.29, 0.717) is 23.5 Å². The van der Waals surface area contributed by atoms with Gasteiger partial charge in [0.05, 0.1) is 31.3 Å². The van der Waals surface area contributed by atoms with E-state index in [1.165, 1.54) is 19.1 Å². The highest BCUT2D eigenvalue weighted by molar-refractivity contribution is 7.91. The molecular weight excluding hydrogens is 306 g/mol. The Morgan fingerprint density at radius 2 is 1.73 bits per heavy atom. The third-order valence-corrected chi connectivity index (χ3v) is 6.08. The molecule has 0 aromatic heterocycles. The Balaban J connectivity index is 2.31. The second kappa shape index (κ2) is 5.79. The zero-order valence-electron chi connectivity index (χ0n) is 13.3. The van der Waals surface area contributed by atoms with Crippen LogP contribution in [0.15, 0.2) is 18.2 Å². The van der Waals surface area contributed by atoms with Gasteiger partial charge in [-0.1, -0.05) is 0 Å². The molecule has 1 aliphatic heterocycles. The van der Waals surface area contributed by atoms with Crippen LogP contribution in [0.1, 0.15) is 23.7 Å². The first-order valence-electron chi connectivity index (χ1n) is 6.92. The summed E-state index contributed by atoms with van der Waals surface area (Å²) in [6, 6.07) is 4.92. The summed E-state index contributed by atoms with van der Waals surface area (Å²) >= 11 is 0. The molecule has 1 heterocycles. The minimum absolute atomic E-state index is 0.0106. The number of carbonyl (C=O) groups is 1. The largest absolute Gasteiger partial charge is 0.497 e. The van der Waals surface area contributed by atoms with E-state index >= 15 is 0 Å². The number of hydrogen-bond acceptors (Lipinski definition) is 5. The van der Waals surface area contributed by atoms with Crippen LogP contribution in [0.25, 0.3) is 0 Å². The SMILES string of the molecule is COc1cc(OC)cc(C(=O)N(C)[C@]2(C)CCS(=O)(=O)C2)c1. The van der Waals surface area contributed by atoms with E-state index in [-0.39, 0.29) is 17.4 Å². The second-order valence-electron chi connectivity index (χ2n) is 5.80. The van der Waals surface area contributed by atoms with Crippen LogP contribution in [-0.4, -0.2) is 57.5 Å². The summed E-state index contributed by atoms with van der Waals surface area (Å²) in [5.74, 6) is 0.878. The molecule has 0 N–H and O–H groups in total. The summed E-state index contributed by atoms with van der Waals surface area (Å²) in [7, 11) is 1.57. The molecule has 2 rings (SSSR count). The third kappa shape index (κ3) is 3.19. The fourth-order valence-electron chi connectivity index (χ4n) is 2.63. The van der Waals surface area contributed by atoms with Crippen molar-refractivity contribution in [2.45, 2.75) is 18.9 Å². The topological polar surface area (TPSA) is 72.9 Å². The lowest BCUT2D eigenvalue weighted by molar-refractivity contribution is 0.0637. The molecule has 1 aromatic rings. The maximum Gasteiger partial charge on any atom is 0.254 e. The molecule has 0 saturated carbocycles. The monoisotopic (exact) mass is 327 g/mol. The highest BCUT2D eigenvalue weighted by Gasteiger charge is 2.43. The van der Waals surface area contributed by atoms with Crippen molar-refractivity contribution in [3.8, 4) is 11.5 Å². The van der Waals surface area contributed by atoms with E-state index in [4.69, 9.17) is 9.47 Å². The van der Waals surface area contributed by atoms with Crippen LogP contribution < -0.4 is 9.47 Å². The molecule has 1 aliphatic rings. The molecule has 6 nitrogen and oxygen atoms in total. The van der Waals surface area contributed by atoms with Crippen molar-refractivity contribution in [1.82, 2.24) is 4.90 Å². The van der Waals surface area contributed by atoms with E-state index in [1.807, 2.05) is 0 Å². The summed E-state index contributed by atoms with van der Waals surface area (Å²) in [5, 5.41) is 0. The molecule has 1 aromatic carbocycles. The molecular formula is C15H21NO5S. The Morgan fingerprint density at radius 1 is 1.18 bits per heavy atom. The van der Waals surface area contributed by atoms with Crippen molar-refractivity contribution < 1.29 is 22.7 Å². The maximum absolute atomic E-state index is 12.7. The Morgan fingerprint density at radius 3 is 2.14 bits per heavy atom. The van der Waals surface area contributed by atoms with Gasteiger partial charge in [0.1, 0.15) is 11.5 Å². The highest BCUT2D eigenvalue weighted by atomic mass is 32.2. The molecule has 0 radical (unpaired) electrons. The van der Waals surface area contributed by atoms with Gasteiger partial charge in [-0.05, 0) is 25.5 Å². The predicted molar refractivity (Wildman–Crippen MR) is 83.3 cm³/mol. The van der Waals surface area contributed by atoms with Crippen LogP contribution in [0.2, 0.25) is 0 Å². The van der Waals surface area contributed by atoms with Gasteiger partial charge in [-0.3, -0.25) is 4.79 Å². The molecule has 22 heavy (non-hydrogen) atoms. The lowest BCUT2D eigenvalue weighted by Crippen LogP contribution is -2.48. The Labute approximate surface area is 130 Å². The Hall–Kier alpha value is -1.76. The molecule has 0 aliphatic carbocycles. The quantitative estimate of drug-likeness (QED) is 0.835. The van der Waals surface area contributed by atoms with Gasteiger partial charge in [0.25, 0.3) is 5.91 Å². The Bertz CT molecular complexity index is 663. The number of rotatable bonds is 4. The average molecular weight is 327 g/mol. The zero-order valence-corrected chi connectivity index (χ0v) is 14.1. The van der Waals surface area contributed by atoms with Gasteiger partial charge in [-0.15, -0.1) is 0 Å².